The number of hydrogen-bond donors (Lipinski definition) is 2. The zero-order valence-corrected chi connectivity index (χ0v) is 14.8. The van der Waals surface area contributed by atoms with Gasteiger partial charge in [-0.1, -0.05) is 26.0 Å². The second-order valence-corrected chi connectivity index (χ2v) is 6.06. The van der Waals surface area contributed by atoms with Gasteiger partial charge in [0.15, 0.2) is 24.1 Å². The maximum Gasteiger partial charge on any atom is 0.258 e. The molecule has 2 rings (SSSR count). The topological polar surface area (TPSA) is 67.4 Å². The molecule has 0 atom stereocenters. The van der Waals surface area contributed by atoms with Crippen molar-refractivity contribution in [2.75, 3.05) is 18.5 Å². The van der Waals surface area contributed by atoms with E-state index in [0.29, 0.717) is 17.7 Å². The highest BCUT2D eigenvalue weighted by Gasteiger charge is 2.15. The lowest BCUT2D eigenvalue weighted by atomic mass is 10.0. The average Bonchev–Trinajstić information content (AvgIpc) is 2.65. The lowest BCUT2D eigenvalue weighted by Gasteiger charge is -2.10. The van der Waals surface area contributed by atoms with Gasteiger partial charge in [-0.2, -0.15) is 0 Å². The highest BCUT2D eigenvalue weighted by Crippen LogP contribution is 2.20. The summed E-state index contributed by atoms with van der Waals surface area (Å²) in [5, 5.41) is 4.33. The quantitative estimate of drug-likeness (QED) is 0.724. The Balaban J connectivity index is 1.78. The Hall–Kier alpha value is -3.03. The summed E-state index contributed by atoms with van der Waals surface area (Å²) in [5.74, 6) is -5.05. The summed E-state index contributed by atoms with van der Waals surface area (Å²) in [7, 11) is 0. The van der Waals surface area contributed by atoms with Crippen molar-refractivity contribution in [2.45, 2.75) is 19.8 Å². The number of ether oxygens (including phenoxy) is 1. The Kier molecular flexibility index (Phi) is 6.81. The van der Waals surface area contributed by atoms with Gasteiger partial charge in [-0.3, -0.25) is 9.59 Å². The first-order valence-electron chi connectivity index (χ1n) is 8.20. The van der Waals surface area contributed by atoms with Crippen LogP contribution in [0.25, 0.3) is 0 Å². The Morgan fingerprint density at radius 1 is 0.963 bits per heavy atom. The lowest BCUT2D eigenvalue weighted by molar-refractivity contribution is -0.125. The summed E-state index contributed by atoms with van der Waals surface area (Å²) in [6.45, 7) is 3.32. The van der Waals surface area contributed by atoms with Crippen LogP contribution in [0.1, 0.15) is 25.3 Å². The minimum atomic E-state index is -1.69. The van der Waals surface area contributed by atoms with E-state index in [-0.39, 0.29) is 6.61 Å². The molecule has 0 saturated carbocycles. The summed E-state index contributed by atoms with van der Waals surface area (Å²) in [6, 6.07) is 8.83. The summed E-state index contributed by atoms with van der Waals surface area (Å²) in [4.78, 5) is 23.4. The number of carbonyl (C=O) groups is 2. The molecule has 0 aliphatic heterocycles. The van der Waals surface area contributed by atoms with Crippen molar-refractivity contribution in [3.8, 4) is 5.75 Å². The Morgan fingerprint density at radius 2 is 1.63 bits per heavy atom. The molecule has 8 heteroatoms. The van der Waals surface area contributed by atoms with Crippen LogP contribution in [0.3, 0.4) is 0 Å². The summed E-state index contributed by atoms with van der Waals surface area (Å²) >= 11 is 0. The highest BCUT2D eigenvalue weighted by molar-refractivity contribution is 5.94. The predicted octanol–water partition coefficient (Wildman–Crippen LogP) is 3.36. The SMILES string of the molecule is CC(C)c1ccc(OCC(=O)NCC(=O)Nc2ccc(F)c(F)c2F)cc1. The minimum Gasteiger partial charge on any atom is -0.484 e. The van der Waals surface area contributed by atoms with Crippen LogP contribution in [0, 0.1) is 17.5 Å². The van der Waals surface area contributed by atoms with Gasteiger partial charge in [0.2, 0.25) is 5.91 Å². The third-order valence-corrected chi connectivity index (χ3v) is 3.67. The molecule has 0 heterocycles. The van der Waals surface area contributed by atoms with Gasteiger partial charge >= 0.3 is 0 Å². The molecule has 0 spiro atoms. The molecule has 0 aromatic heterocycles. The van der Waals surface area contributed by atoms with Crippen molar-refractivity contribution in [2.24, 2.45) is 0 Å². The number of benzene rings is 2. The van der Waals surface area contributed by atoms with Gasteiger partial charge in [-0.25, -0.2) is 13.2 Å². The summed E-state index contributed by atoms with van der Waals surface area (Å²) in [5.41, 5.74) is 0.613. The monoisotopic (exact) mass is 380 g/mol. The van der Waals surface area contributed by atoms with Crippen LogP contribution in [0.5, 0.6) is 5.75 Å². The summed E-state index contributed by atoms with van der Waals surface area (Å²) < 4.78 is 44.7. The van der Waals surface area contributed by atoms with Crippen LogP contribution in [0.2, 0.25) is 0 Å². The number of halogens is 3. The molecule has 2 amide bonds. The Bertz CT molecular complexity index is 824. The second kappa shape index (κ2) is 9.07. The molecule has 5 nitrogen and oxygen atoms in total. The molecule has 0 aliphatic carbocycles. The molecular formula is C19H19F3N2O3. The van der Waals surface area contributed by atoms with Crippen LogP contribution in [-0.2, 0) is 9.59 Å². The molecule has 27 heavy (non-hydrogen) atoms. The predicted molar refractivity (Wildman–Crippen MR) is 94.0 cm³/mol. The zero-order chi connectivity index (χ0) is 20.0. The first-order chi connectivity index (χ1) is 12.8. The van der Waals surface area contributed by atoms with E-state index in [0.717, 1.165) is 11.6 Å². The maximum atomic E-state index is 13.5. The number of hydrogen-bond acceptors (Lipinski definition) is 3. The third kappa shape index (κ3) is 5.73. The smallest absolute Gasteiger partial charge is 0.258 e. The summed E-state index contributed by atoms with van der Waals surface area (Å²) in [6.07, 6.45) is 0. The van der Waals surface area contributed by atoms with E-state index in [1.54, 1.807) is 12.1 Å². The van der Waals surface area contributed by atoms with E-state index in [4.69, 9.17) is 4.74 Å². The first kappa shape index (κ1) is 20.3. The van der Waals surface area contributed by atoms with Gasteiger partial charge < -0.3 is 15.4 Å². The van der Waals surface area contributed by atoms with E-state index < -0.39 is 41.5 Å². The standard InChI is InChI=1S/C19H19F3N2O3/c1-11(2)12-3-5-13(6-4-12)27-10-17(26)23-9-16(25)24-15-8-7-14(20)18(21)19(15)22/h3-8,11H,9-10H2,1-2H3,(H,23,26)(H,24,25). The number of amides is 2. The van der Waals surface area contributed by atoms with Crippen LogP contribution >= 0.6 is 0 Å². The normalized spacial score (nSPS) is 10.6. The maximum absolute atomic E-state index is 13.5. The van der Waals surface area contributed by atoms with Gasteiger partial charge in [0.1, 0.15) is 5.75 Å². The van der Waals surface area contributed by atoms with Gasteiger partial charge in [-0.05, 0) is 35.7 Å². The van der Waals surface area contributed by atoms with Crippen LogP contribution in [-0.4, -0.2) is 25.0 Å². The second-order valence-electron chi connectivity index (χ2n) is 6.06. The molecule has 0 fully saturated rings. The van der Waals surface area contributed by atoms with Gasteiger partial charge in [-0.15, -0.1) is 0 Å². The van der Waals surface area contributed by atoms with Crippen molar-refractivity contribution in [1.82, 2.24) is 5.32 Å². The molecule has 2 aromatic rings. The van der Waals surface area contributed by atoms with Crippen LogP contribution < -0.4 is 15.4 Å². The minimum absolute atomic E-state index is 0.312. The zero-order valence-electron chi connectivity index (χ0n) is 14.8. The molecule has 0 unspecified atom stereocenters. The van der Waals surface area contributed by atoms with E-state index in [1.807, 2.05) is 17.4 Å². The molecule has 2 N–H and O–H groups in total. The molecule has 0 aliphatic rings. The van der Waals surface area contributed by atoms with E-state index >= 15 is 0 Å². The largest absolute Gasteiger partial charge is 0.484 e. The van der Waals surface area contributed by atoms with E-state index in [1.165, 1.54) is 0 Å². The molecule has 144 valence electrons. The van der Waals surface area contributed by atoms with E-state index in [2.05, 4.69) is 19.2 Å². The average molecular weight is 380 g/mol. The Labute approximate surface area is 154 Å². The molecule has 2 aromatic carbocycles. The number of carbonyl (C=O) groups excluding carboxylic acids is 2. The fourth-order valence-electron chi connectivity index (χ4n) is 2.14. The molecule has 0 radical (unpaired) electrons. The lowest BCUT2D eigenvalue weighted by Crippen LogP contribution is -2.36. The number of anilines is 1. The van der Waals surface area contributed by atoms with Crippen molar-refractivity contribution in [1.29, 1.82) is 0 Å². The van der Waals surface area contributed by atoms with Crippen molar-refractivity contribution < 1.29 is 27.5 Å². The van der Waals surface area contributed by atoms with Crippen LogP contribution in [0.4, 0.5) is 18.9 Å². The molecular weight excluding hydrogens is 361 g/mol. The van der Waals surface area contributed by atoms with Crippen molar-refractivity contribution in [3.63, 3.8) is 0 Å². The fraction of sp³-hybridized carbons (Fsp3) is 0.263. The van der Waals surface area contributed by atoms with E-state index in [9.17, 15) is 22.8 Å². The van der Waals surface area contributed by atoms with Crippen molar-refractivity contribution >= 4 is 17.5 Å². The molecule has 0 saturated heterocycles. The van der Waals surface area contributed by atoms with Crippen LogP contribution in [0.15, 0.2) is 36.4 Å². The van der Waals surface area contributed by atoms with Gasteiger partial charge in [0.05, 0.1) is 12.2 Å². The fourth-order valence-corrected chi connectivity index (χ4v) is 2.14. The van der Waals surface area contributed by atoms with Crippen molar-refractivity contribution in [3.05, 3.63) is 59.4 Å². The molecule has 0 bridgehead atoms. The van der Waals surface area contributed by atoms with Gasteiger partial charge in [0, 0.05) is 0 Å². The number of rotatable bonds is 7. The first-order valence-corrected chi connectivity index (χ1v) is 8.20. The third-order valence-electron chi connectivity index (χ3n) is 3.67. The highest BCUT2D eigenvalue weighted by atomic mass is 19.2. The van der Waals surface area contributed by atoms with Gasteiger partial charge in [0.25, 0.3) is 5.91 Å². The Morgan fingerprint density at radius 3 is 2.26 bits per heavy atom. The number of nitrogens with one attached hydrogen (secondary N) is 2.